The van der Waals surface area contributed by atoms with Gasteiger partial charge < -0.3 is 14.4 Å². The fourth-order valence-electron chi connectivity index (χ4n) is 4.65. The van der Waals surface area contributed by atoms with Gasteiger partial charge in [-0.2, -0.15) is 0 Å². The Morgan fingerprint density at radius 2 is 1.82 bits per heavy atom. The minimum atomic E-state index is -5.04. The molecule has 0 spiro atoms. The lowest BCUT2D eigenvalue weighted by Gasteiger charge is -2.14. The lowest BCUT2D eigenvalue weighted by Crippen LogP contribution is -2.18. The molecule has 0 amide bonds. The maximum Gasteiger partial charge on any atom is 0.573 e. The van der Waals surface area contributed by atoms with Crippen molar-refractivity contribution >= 4 is 17.0 Å². The average molecular weight is 535 g/mol. The maximum atomic E-state index is 13.4. The number of carbonyl (C=O) groups is 1. The number of nitrogens with zero attached hydrogens (tertiary/aromatic N) is 5. The molecule has 1 fully saturated rings. The molecule has 5 aromatic rings. The normalized spacial score (nSPS) is 13.7. The number of aryl methyl sites for hydroxylation is 2. The number of aromatic carboxylic acids is 1. The number of alkyl halides is 3. The molecule has 0 unspecified atom stereocenters. The molecule has 1 aliphatic rings. The molecule has 1 saturated carbocycles. The van der Waals surface area contributed by atoms with Crippen molar-refractivity contribution in [1.82, 2.24) is 24.7 Å². The van der Waals surface area contributed by atoms with E-state index in [1.54, 1.807) is 49.3 Å². The SMILES string of the molecule is Cc1noc(C)c1-c1cnc2c(c1)c(-c1ccc(C(=O)O)cc1OC(F)(F)F)cn2-c1cnc(C2CC2)nc1. The summed E-state index contributed by atoms with van der Waals surface area (Å²) in [6, 6.07) is 5.15. The first kappa shape index (κ1) is 24.6. The summed E-state index contributed by atoms with van der Waals surface area (Å²) < 4.78 is 51.4. The average Bonchev–Trinajstić information content (AvgIpc) is 3.60. The molecule has 4 aromatic heterocycles. The Morgan fingerprint density at radius 3 is 2.44 bits per heavy atom. The summed E-state index contributed by atoms with van der Waals surface area (Å²) in [6.45, 7) is 3.53. The van der Waals surface area contributed by atoms with Gasteiger partial charge in [0.1, 0.15) is 23.0 Å². The minimum absolute atomic E-state index is 0.0364. The molecule has 1 N–H and O–H groups in total. The number of aromatic nitrogens is 5. The van der Waals surface area contributed by atoms with Crippen LogP contribution in [0.2, 0.25) is 0 Å². The Bertz CT molecular complexity index is 1720. The summed E-state index contributed by atoms with van der Waals surface area (Å²) in [6.07, 6.45) is 3.57. The van der Waals surface area contributed by atoms with Gasteiger partial charge in [0.2, 0.25) is 0 Å². The number of ether oxygens (including phenoxy) is 1. The molecule has 0 atom stereocenters. The van der Waals surface area contributed by atoms with E-state index in [0.29, 0.717) is 50.8 Å². The topological polar surface area (TPSA) is 116 Å². The Kier molecular flexibility index (Phi) is 5.63. The van der Waals surface area contributed by atoms with Crippen LogP contribution >= 0.6 is 0 Å². The summed E-state index contributed by atoms with van der Waals surface area (Å²) in [5.74, 6) is -0.378. The molecule has 9 nitrogen and oxygen atoms in total. The van der Waals surface area contributed by atoms with E-state index in [1.165, 1.54) is 12.1 Å². The van der Waals surface area contributed by atoms with Gasteiger partial charge in [0, 0.05) is 46.0 Å². The molecule has 0 saturated heterocycles. The molecule has 0 radical (unpaired) electrons. The number of rotatable bonds is 6. The molecule has 39 heavy (non-hydrogen) atoms. The second-order valence-electron chi connectivity index (χ2n) is 9.34. The minimum Gasteiger partial charge on any atom is -0.478 e. The summed E-state index contributed by atoms with van der Waals surface area (Å²) in [5, 5.41) is 13.9. The van der Waals surface area contributed by atoms with Gasteiger partial charge in [-0.3, -0.25) is 4.57 Å². The number of benzene rings is 1. The monoisotopic (exact) mass is 535 g/mol. The first-order valence-electron chi connectivity index (χ1n) is 12.0. The van der Waals surface area contributed by atoms with Crippen molar-refractivity contribution in [2.75, 3.05) is 0 Å². The summed E-state index contributed by atoms with van der Waals surface area (Å²) in [4.78, 5) is 25.1. The van der Waals surface area contributed by atoms with Crippen LogP contribution in [-0.2, 0) is 0 Å². The highest BCUT2D eigenvalue weighted by molar-refractivity contribution is 5.99. The zero-order chi connectivity index (χ0) is 27.5. The molecule has 0 bridgehead atoms. The standard InChI is InChI=1S/C27H20F3N5O4/c1-13-23(14(2)39-34-13)17-7-20-21(19-6-5-16(26(36)37)8-22(19)38-27(28,29)30)12-35(25(20)33-9-17)18-10-31-24(32-11-18)15-3-4-15/h5-12,15H,3-4H2,1-2H3,(H,36,37). The highest BCUT2D eigenvalue weighted by atomic mass is 19.4. The van der Waals surface area contributed by atoms with Crippen LogP contribution in [0, 0.1) is 13.8 Å². The van der Waals surface area contributed by atoms with Crippen molar-refractivity contribution in [2.45, 2.75) is 39.0 Å². The van der Waals surface area contributed by atoms with Crippen LogP contribution < -0.4 is 4.74 Å². The summed E-state index contributed by atoms with van der Waals surface area (Å²) in [7, 11) is 0. The number of pyridine rings is 1. The smallest absolute Gasteiger partial charge is 0.478 e. The zero-order valence-electron chi connectivity index (χ0n) is 20.7. The number of hydrogen-bond acceptors (Lipinski definition) is 7. The Morgan fingerprint density at radius 1 is 1.08 bits per heavy atom. The third kappa shape index (κ3) is 4.58. The van der Waals surface area contributed by atoms with Crippen LogP contribution in [-0.4, -0.2) is 42.1 Å². The fraction of sp³-hybridized carbons (Fsp3) is 0.222. The van der Waals surface area contributed by atoms with Gasteiger partial charge in [-0.25, -0.2) is 19.7 Å². The number of halogens is 3. The van der Waals surface area contributed by atoms with Crippen molar-refractivity contribution in [3.8, 4) is 33.7 Å². The zero-order valence-corrected chi connectivity index (χ0v) is 20.7. The van der Waals surface area contributed by atoms with Crippen molar-refractivity contribution in [3.05, 3.63) is 71.9 Å². The van der Waals surface area contributed by atoms with Crippen molar-refractivity contribution < 1.29 is 32.3 Å². The van der Waals surface area contributed by atoms with Gasteiger partial charge in [-0.1, -0.05) is 5.16 Å². The van der Waals surface area contributed by atoms with E-state index < -0.39 is 18.1 Å². The predicted molar refractivity (Wildman–Crippen MR) is 133 cm³/mol. The molecule has 12 heteroatoms. The van der Waals surface area contributed by atoms with Gasteiger partial charge in [0.25, 0.3) is 0 Å². The summed E-state index contributed by atoms with van der Waals surface area (Å²) >= 11 is 0. The second kappa shape index (κ2) is 8.93. The van der Waals surface area contributed by atoms with E-state index in [-0.39, 0.29) is 11.1 Å². The molecular formula is C27H20F3N5O4. The molecule has 6 rings (SSSR count). The molecule has 0 aliphatic heterocycles. The lowest BCUT2D eigenvalue weighted by molar-refractivity contribution is -0.274. The van der Waals surface area contributed by atoms with Crippen molar-refractivity contribution in [2.24, 2.45) is 0 Å². The highest BCUT2D eigenvalue weighted by Crippen LogP contribution is 2.42. The maximum absolute atomic E-state index is 13.4. The van der Waals surface area contributed by atoms with Crippen LogP contribution in [0.4, 0.5) is 13.2 Å². The quantitative estimate of drug-likeness (QED) is 0.272. The predicted octanol–water partition coefficient (Wildman–Crippen LogP) is 6.23. The van der Waals surface area contributed by atoms with Crippen molar-refractivity contribution in [1.29, 1.82) is 0 Å². The Labute approximate surface area is 218 Å². The van der Waals surface area contributed by atoms with Crippen LogP contribution in [0.1, 0.15) is 46.4 Å². The van der Waals surface area contributed by atoms with E-state index in [2.05, 4.69) is 24.8 Å². The highest BCUT2D eigenvalue weighted by Gasteiger charge is 2.33. The lowest BCUT2D eigenvalue weighted by atomic mass is 10.00. The van der Waals surface area contributed by atoms with Gasteiger partial charge in [0.15, 0.2) is 0 Å². The van der Waals surface area contributed by atoms with E-state index in [4.69, 9.17) is 4.52 Å². The Balaban J connectivity index is 1.59. The summed E-state index contributed by atoms with van der Waals surface area (Å²) in [5.41, 5.74) is 3.03. The van der Waals surface area contributed by atoms with E-state index in [0.717, 1.165) is 24.7 Å². The van der Waals surface area contributed by atoms with Crippen LogP contribution in [0.15, 0.2) is 53.6 Å². The molecule has 198 valence electrons. The van der Waals surface area contributed by atoms with E-state index in [1.807, 2.05) is 0 Å². The number of fused-ring (bicyclic) bond motifs is 1. The third-order valence-electron chi connectivity index (χ3n) is 6.59. The molecule has 1 aliphatic carbocycles. The second-order valence-corrected chi connectivity index (χ2v) is 9.34. The van der Waals surface area contributed by atoms with Gasteiger partial charge in [-0.05, 0) is 51.0 Å². The first-order chi connectivity index (χ1) is 18.6. The number of hydrogen-bond donors (Lipinski definition) is 1. The van der Waals surface area contributed by atoms with Crippen LogP contribution in [0.5, 0.6) is 5.75 Å². The Hall–Kier alpha value is -4.74. The van der Waals surface area contributed by atoms with Crippen LogP contribution in [0.3, 0.4) is 0 Å². The largest absolute Gasteiger partial charge is 0.573 e. The van der Waals surface area contributed by atoms with Crippen LogP contribution in [0.25, 0.3) is 39.0 Å². The van der Waals surface area contributed by atoms with Crippen molar-refractivity contribution in [3.63, 3.8) is 0 Å². The van der Waals surface area contributed by atoms with E-state index in [9.17, 15) is 23.1 Å². The van der Waals surface area contributed by atoms with Gasteiger partial charge in [-0.15, -0.1) is 13.2 Å². The number of carboxylic acids is 1. The first-order valence-corrected chi connectivity index (χ1v) is 12.0. The number of carboxylic acid groups (broad SMARTS) is 1. The van der Waals surface area contributed by atoms with Gasteiger partial charge >= 0.3 is 12.3 Å². The van der Waals surface area contributed by atoms with E-state index >= 15 is 0 Å². The molecule has 1 aromatic carbocycles. The third-order valence-corrected chi connectivity index (χ3v) is 6.59. The molecular weight excluding hydrogens is 515 g/mol. The van der Waals surface area contributed by atoms with Gasteiger partial charge in [0.05, 0.1) is 29.3 Å². The fourth-order valence-corrected chi connectivity index (χ4v) is 4.65. The molecule has 4 heterocycles.